The lowest BCUT2D eigenvalue weighted by Gasteiger charge is -2.24. The van der Waals surface area contributed by atoms with Gasteiger partial charge in [0.25, 0.3) is 5.91 Å². The molecule has 0 fully saturated rings. The average Bonchev–Trinajstić information content (AvgIpc) is 2.68. The largest absolute Gasteiger partial charge is 0.464 e. The van der Waals surface area contributed by atoms with Crippen LogP contribution < -0.4 is 11.3 Å². The minimum atomic E-state index is -0.311. The number of nitrogens with zero attached hydrogens (tertiary/aromatic N) is 1. The molecule has 102 valence electrons. The number of hydrazine groups is 1. The molecule has 1 aromatic heterocycles. The summed E-state index contributed by atoms with van der Waals surface area (Å²) in [6.45, 7) is 9.95. The lowest BCUT2D eigenvalue weighted by Crippen LogP contribution is -2.31. The summed E-state index contributed by atoms with van der Waals surface area (Å²) in [6, 6.07) is 2.21. The summed E-state index contributed by atoms with van der Waals surface area (Å²) < 4.78 is 5.61. The van der Waals surface area contributed by atoms with Gasteiger partial charge in [0.15, 0.2) is 0 Å². The predicted molar refractivity (Wildman–Crippen MR) is 70.9 cm³/mol. The first kappa shape index (κ1) is 14.7. The van der Waals surface area contributed by atoms with Gasteiger partial charge < -0.3 is 4.42 Å². The zero-order chi connectivity index (χ0) is 13.7. The Morgan fingerprint density at radius 1 is 1.56 bits per heavy atom. The quantitative estimate of drug-likeness (QED) is 0.461. The predicted octanol–water partition coefficient (Wildman–Crippen LogP) is 1.81. The Kier molecular flexibility index (Phi) is 5.37. The van der Waals surface area contributed by atoms with Gasteiger partial charge in [-0.1, -0.05) is 6.92 Å². The van der Waals surface area contributed by atoms with E-state index in [4.69, 9.17) is 10.3 Å². The fourth-order valence-electron chi connectivity index (χ4n) is 1.93. The molecule has 5 heteroatoms. The van der Waals surface area contributed by atoms with Crippen molar-refractivity contribution in [2.45, 2.75) is 46.7 Å². The van der Waals surface area contributed by atoms with Crippen molar-refractivity contribution in [1.82, 2.24) is 10.3 Å². The van der Waals surface area contributed by atoms with E-state index in [-0.39, 0.29) is 5.91 Å². The minimum Gasteiger partial charge on any atom is -0.464 e. The number of rotatable bonds is 6. The number of carbonyl (C=O) groups excluding carboxylic acids is 1. The van der Waals surface area contributed by atoms with Gasteiger partial charge >= 0.3 is 0 Å². The van der Waals surface area contributed by atoms with Crippen molar-refractivity contribution in [1.29, 1.82) is 0 Å². The first-order valence-corrected chi connectivity index (χ1v) is 6.33. The molecule has 0 aliphatic heterocycles. The topological polar surface area (TPSA) is 71.5 Å². The van der Waals surface area contributed by atoms with Crippen LogP contribution in [0.2, 0.25) is 0 Å². The summed E-state index contributed by atoms with van der Waals surface area (Å²) in [7, 11) is 0. The molecule has 1 heterocycles. The number of hydrogen-bond donors (Lipinski definition) is 2. The first-order chi connectivity index (χ1) is 8.49. The van der Waals surface area contributed by atoms with Crippen LogP contribution in [0.4, 0.5) is 0 Å². The van der Waals surface area contributed by atoms with Gasteiger partial charge in [0.2, 0.25) is 0 Å². The van der Waals surface area contributed by atoms with Crippen LogP contribution in [0.5, 0.6) is 0 Å². The van der Waals surface area contributed by atoms with Gasteiger partial charge in [0, 0.05) is 6.04 Å². The second kappa shape index (κ2) is 6.56. The standard InChI is InChI=1S/C13H23N3O2/c1-5-6-16(9(2)3)8-11-7-12(10(4)18-11)13(17)15-14/h7,9H,5-6,8,14H2,1-4H3,(H,15,17). The molecule has 0 aromatic carbocycles. The van der Waals surface area contributed by atoms with Crippen LogP contribution in [0.25, 0.3) is 0 Å². The van der Waals surface area contributed by atoms with E-state index in [9.17, 15) is 4.79 Å². The summed E-state index contributed by atoms with van der Waals surface area (Å²) in [4.78, 5) is 13.8. The molecule has 0 aliphatic carbocycles. The fourth-order valence-corrected chi connectivity index (χ4v) is 1.93. The SMILES string of the molecule is CCCN(Cc1cc(C(=O)NN)c(C)o1)C(C)C. The molecule has 18 heavy (non-hydrogen) atoms. The fraction of sp³-hybridized carbons (Fsp3) is 0.615. The van der Waals surface area contributed by atoms with Crippen LogP contribution in [-0.2, 0) is 6.54 Å². The zero-order valence-electron chi connectivity index (χ0n) is 11.6. The Balaban J connectivity index is 2.81. The molecule has 5 nitrogen and oxygen atoms in total. The molecule has 3 N–H and O–H groups in total. The third-order valence-corrected chi connectivity index (χ3v) is 2.94. The molecule has 0 unspecified atom stereocenters. The van der Waals surface area contributed by atoms with Crippen molar-refractivity contribution < 1.29 is 9.21 Å². The van der Waals surface area contributed by atoms with E-state index >= 15 is 0 Å². The normalized spacial score (nSPS) is 11.3. The Bertz CT molecular complexity index is 399. The summed E-state index contributed by atoms with van der Waals surface area (Å²) in [5.41, 5.74) is 2.63. The molecule has 0 bridgehead atoms. The molecule has 0 saturated heterocycles. The number of hydrogen-bond acceptors (Lipinski definition) is 4. The number of aryl methyl sites for hydroxylation is 1. The molecule has 0 saturated carbocycles. The molecular formula is C13H23N3O2. The van der Waals surface area contributed by atoms with Gasteiger partial charge in [-0.2, -0.15) is 0 Å². The summed E-state index contributed by atoms with van der Waals surface area (Å²) >= 11 is 0. The first-order valence-electron chi connectivity index (χ1n) is 6.33. The molecule has 0 aliphatic rings. The van der Waals surface area contributed by atoms with Gasteiger partial charge in [-0.05, 0) is 39.8 Å². The highest BCUT2D eigenvalue weighted by molar-refractivity contribution is 5.94. The maximum absolute atomic E-state index is 11.5. The lowest BCUT2D eigenvalue weighted by atomic mass is 10.2. The number of carbonyl (C=O) groups is 1. The van der Waals surface area contributed by atoms with E-state index in [0.29, 0.717) is 23.9 Å². The summed E-state index contributed by atoms with van der Waals surface area (Å²) in [5, 5.41) is 0. The number of nitrogens with one attached hydrogen (secondary N) is 1. The third kappa shape index (κ3) is 3.58. The zero-order valence-corrected chi connectivity index (χ0v) is 11.6. The smallest absolute Gasteiger partial charge is 0.268 e. The van der Waals surface area contributed by atoms with E-state index in [1.807, 2.05) is 0 Å². The van der Waals surface area contributed by atoms with Crippen LogP contribution in [0.15, 0.2) is 10.5 Å². The van der Waals surface area contributed by atoms with Crippen LogP contribution in [0.1, 0.15) is 49.1 Å². The Morgan fingerprint density at radius 3 is 2.72 bits per heavy atom. The maximum Gasteiger partial charge on any atom is 0.268 e. The Hall–Kier alpha value is -1.33. The maximum atomic E-state index is 11.5. The van der Waals surface area contributed by atoms with Crippen molar-refractivity contribution in [3.05, 3.63) is 23.2 Å². The average molecular weight is 253 g/mol. The summed E-state index contributed by atoms with van der Waals surface area (Å²) in [5.74, 6) is 6.22. The van der Waals surface area contributed by atoms with Crippen LogP contribution in [-0.4, -0.2) is 23.4 Å². The highest BCUT2D eigenvalue weighted by Gasteiger charge is 2.17. The molecular weight excluding hydrogens is 230 g/mol. The lowest BCUT2D eigenvalue weighted by molar-refractivity contribution is 0.0952. The van der Waals surface area contributed by atoms with Crippen LogP contribution >= 0.6 is 0 Å². The van der Waals surface area contributed by atoms with Crippen LogP contribution in [0, 0.1) is 6.92 Å². The van der Waals surface area contributed by atoms with Gasteiger partial charge in [0.1, 0.15) is 11.5 Å². The Morgan fingerprint density at radius 2 is 2.22 bits per heavy atom. The number of nitrogen functional groups attached to an aromatic ring is 1. The van der Waals surface area contributed by atoms with E-state index in [1.54, 1.807) is 13.0 Å². The van der Waals surface area contributed by atoms with Crippen molar-refractivity contribution >= 4 is 5.91 Å². The van der Waals surface area contributed by atoms with Crippen molar-refractivity contribution in [2.75, 3.05) is 6.54 Å². The molecule has 0 spiro atoms. The van der Waals surface area contributed by atoms with Crippen molar-refractivity contribution in [2.24, 2.45) is 5.84 Å². The summed E-state index contributed by atoms with van der Waals surface area (Å²) in [6.07, 6.45) is 1.09. The van der Waals surface area contributed by atoms with Gasteiger partial charge in [0.05, 0.1) is 12.1 Å². The highest BCUT2D eigenvalue weighted by atomic mass is 16.3. The monoisotopic (exact) mass is 253 g/mol. The number of furan rings is 1. The molecule has 1 amide bonds. The molecule has 1 aromatic rings. The second-order valence-electron chi connectivity index (χ2n) is 4.72. The van der Waals surface area contributed by atoms with Crippen LogP contribution in [0.3, 0.4) is 0 Å². The van der Waals surface area contributed by atoms with Crippen molar-refractivity contribution in [3.63, 3.8) is 0 Å². The van der Waals surface area contributed by atoms with Crippen molar-refractivity contribution in [3.8, 4) is 0 Å². The minimum absolute atomic E-state index is 0.311. The molecule has 0 radical (unpaired) electrons. The van der Waals surface area contributed by atoms with E-state index in [1.165, 1.54) is 0 Å². The number of amides is 1. The third-order valence-electron chi connectivity index (χ3n) is 2.94. The van der Waals surface area contributed by atoms with E-state index in [0.717, 1.165) is 18.7 Å². The Labute approximate surface area is 108 Å². The van der Waals surface area contributed by atoms with Gasteiger partial charge in [-0.15, -0.1) is 0 Å². The molecule has 0 atom stereocenters. The van der Waals surface area contributed by atoms with Gasteiger partial charge in [-0.25, -0.2) is 5.84 Å². The molecule has 1 rings (SSSR count). The van der Waals surface area contributed by atoms with E-state index < -0.39 is 0 Å². The van der Waals surface area contributed by atoms with Gasteiger partial charge in [-0.3, -0.25) is 15.1 Å². The van der Waals surface area contributed by atoms with E-state index in [2.05, 4.69) is 31.1 Å². The highest BCUT2D eigenvalue weighted by Crippen LogP contribution is 2.17. The number of nitrogens with two attached hydrogens (primary N) is 1. The second-order valence-corrected chi connectivity index (χ2v) is 4.72.